The minimum Gasteiger partial charge on any atom is -0.395 e. The Morgan fingerprint density at radius 3 is 2.59 bits per heavy atom. The number of hydrogen-bond donors (Lipinski definition) is 2. The average molecular weight is 399 g/mol. The molecular formula is C21H30N6O2. The number of carbonyl (C=O) groups excluding carboxylic acids is 1. The molecule has 0 bridgehead atoms. The first-order chi connectivity index (χ1) is 14.2. The smallest absolute Gasteiger partial charge is 0.255 e. The Kier molecular flexibility index (Phi) is 6.41. The fourth-order valence-corrected chi connectivity index (χ4v) is 4.40. The van der Waals surface area contributed by atoms with Crippen molar-refractivity contribution in [3.05, 3.63) is 42.4 Å². The summed E-state index contributed by atoms with van der Waals surface area (Å²) in [6, 6.07) is 6.29. The predicted molar refractivity (Wildman–Crippen MR) is 111 cm³/mol. The van der Waals surface area contributed by atoms with Gasteiger partial charge in [-0.1, -0.05) is 0 Å². The van der Waals surface area contributed by atoms with Gasteiger partial charge in [-0.15, -0.1) is 0 Å². The number of rotatable bonds is 6. The van der Waals surface area contributed by atoms with Crippen LogP contribution in [-0.4, -0.2) is 76.1 Å². The third-order valence-electron chi connectivity index (χ3n) is 6.05. The van der Waals surface area contributed by atoms with E-state index >= 15 is 0 Å². The van der Waals surface area contributed by atoms with Crippen LogP contribution in [0, 0.1) is 0 Å². The molecule has 1 saturated heterocycles. The van der Waals surface area contributed by atoms with E-state index in [2.05, 4.69) is 25.2 Å². The molecule has 3 heterocycles. The molecule has 0 spiro atoms. The lowest BCUT2D eigenvalue weighted by molar-refractivity contribution is 0.0921. The second kappa shape index (κ2) is 9.37. The zero-order valence-corrected chi connectivity index (χ0v) is 16.8. The number of aliphatic hydroxyl groups excluding tert-OH is 1. The van der Waals surface area contributed by atoms with Gasteiger partial charge >= 0.3 is 0 Å². The second-order valence-electron chi connectivity index (χ2n) is 7.89. The number of pyridine rings is 1. The molecule has 0 atom stereocenters. The standard InChI is InChI=1S/C21H30N6O2/c28-16-15-25-11-13-26(14-12-25)20-19(3-1-8-22-20)21(29)24-17-4-6-18(7-5-17)27-10-2-9-23-27/h1-3,8-10,17-18,28H,4-7,11-16H2,(H,24,29). The van der Waals surface area contributed by atoms with E-state index < -0.39 is 0 Å². The first kappa shape index (κ1) is 19.8. The van der Waals surface area contributed by atoms with Crippen LogP contribution in [0.3, 0.4) is 0 Å². The highest BCUT2D eigenvalue weighted by molar-refractivity contribution is 5.99. The van der Waals surface area contributed by atoms with Gasteiger partial charge in [0.15, 0.2) is 0 Å². The molecule has 2 N–H and O–H groups in total. The van der Waals surface area contributed by atoms with E-state index in [1.807, 2.05) is 35.3 Å². The number of anilines is 1. The number of piperazine rings is 1. The molecule has 0 radical (unpaired) electrons. The fraction of sp³-hybridized carbons (Fsp3) is 0.571. The molecular weight excluding hydrogens is 368 g/mol. The monoisotopic (exact) mass is 398 g/mol. The summed E-state index contributed by atoms with van der Waals surface area (Å²) in [5.41, 5.74) is 0.650. The number of nitrogens with one attached hydrogen (secondary N) is 1. The number of aromatic nitrogens is 3. The van der Waals surface area contributed by atoms with Crippen molar-refractivity contribution in [2.75, 3.05) is 44.2 Å². The summed E-state index contributed by atoms with van der Waals surface area (Å²) >= 11 is 0. The highest BCUT2D eigenvalue weighted by Crippen LogP contribution is 2.28. The van der Waals surface area contributed by atoms with Gasteiger partial charge in [0.05, 0.1) is 18.2 Å². The van der Waals surface area contributed by atoms with Crippen LogP contribution < -0.4 is 10.2 Å². The van der Waals surface area contributed by atoms with Crippen LogP contribution in [0.5, 0.6) is 0 Å². The van der Waals surface area contributed by atoms with Gasteiger partial charge in [-0.2, -0.15) is 5.10 Å². The summed E-state index contributed by atoms with van der Waals surface area (Å²) in [5, 5.41) is 16.7. The average Bonchev–Trinajstić information content (AvgIpc) is 3.30. The van der Waals surface area contributed by atoms with Crippen molar-refractivity contribution in [2.24, 2.45) is 0 Å². The van der Waals surface area contributed by atoms with Gasteiger partial charge in [-0.3, -0.25) is 14.4 Å². The molecule has 2 aliphatic rings. The van der Waals surface area contributed by atoms with Crippen molar-refractivity contribution < 1.29 is 9.90 Å². The van der Waals surface area contributed by atoms with Crippen molar-refractivity contribution in [3.8, 4) is 0 Å². The van der Waals surface area contributed by atoms with Crippen molar-refractivity contribution in [2.45, 2.75) is 37.8 Å². The van der Waals surface area contributed by atoms with Crippen LogP contribution in [0.25, 0.3) is 0 Å². The van der Waals surface area contributed by atoms with E-state index in [1.165, 1.54) is 0 Å². The molecule has 2 fully saturated rings. The minimum atomic E-state index is -0.0339. The number of aliphatic hydroxyl groups is 1. The molecule has 156 valence electrons. The summed E-state index contributed by atoms with van der Waals surface area (Å²) in [6.45, 7) is 4.24. The molecule has 29 heavy (non-hydrogen) atoms. The largest absolute Gasteiger partial charge is 0.395 e. The van der Waals surface area contributed by atoms with Gasteiger partial charge in [0.2, 0.25) is 0 Å². The highest BCUT2D eigenvalue weighted by Gasteiger charge is 2.26. The van der Waals surface area contributed by atoms with Gasteiger partial charge in [-0.05, 0) is 43.9 Å². The number of hydrogen-bond acceptors (Lipinski definition) is 6. The molecule has 1 aliphatic carbocycles. The molecule has 1 amide bonds. The zero-order chi connectivity index (χ0) is 20.1. The number of carbonyl (C=O) groups is 1. The Morgan fingerprint density at radius 2 is 1.90 bits per heavy atom. The Morgan fingerprint density at radius 1 is 1.10 bits per heavy atom. The van der Waals surface area contributed by atoms with Gasteiger partial charge in [0.1, 0.15) is 5.82 Å². The normalized spacial score (nSPS) is 23.1. The molecule has 8 heteroatoms. The maximum atomic E-state index is 13.0. The van der Waals surface area contributed by atoms with Crippen molar-refractivity contribution >= 4 is 11.7 Å². The molecule has 4 rings (SSSR count). The molecule has 1 aliphatic heterocycles. The molecule has 8 nitrogen and oxygen atoms in total. The quantitative estimate of drug-likeness (QED) is 0.763. The van der Waals surface area contributed by atoms with E-state index in [9.17, 15) is 4.79 Å². The molecule has 2 aromatic rings. The Bertz CT molecular complexity index is 780. The third kappa shape index (κ3) is 4.76. The van der Waals surface area contributed by atoms with Gasteiger partial charge in [0, 0.05) is 57.4 Å². The Labute approximate surface area is 171 Å². The minimum absolute atomic E-state index is 0.0339. The van der Waals surface area contributed by atoms with Gasteiger partial charge < -0.3 is 15.3 Å². The lowest BCUT2D eigenvalue weighted by Gasteiger charge is -2.36. The maximum Gasteiger partial charge on any atom is 0.255 e. The van der Waals surface area contributed by atoms with E-state index in [-0.39, 0.29) is 18.6 Å². The van der Waals surface area contributed by atoms with Crippen molar-refractivity contribution in [1.29, 1.82) is 0 Å². The van der Waals surface area contributed by atoms with Crippen LogP contribution in [0.2, 0.25) is 0 Å². The summed E-state index contributed by atoms with van der Waals surface area (Å²) in [6.07, 6.45) is 9.57. The Hall–Kier alpha value is -2.45. The molecule has 0 aromatic carbocycles. The van der Waals surface area contributed by atoms with Crippen LogP contribution in [0.15, 0.2) is 36.8 Å². The first-order valence-electron chi connectivity index (χ1n) is 10.6. The van der Waals surface area contributed by atoms with Gasteiger partial charge in [-0.25, -0.2) is 4.98 Å². The number of β-amino-alcohol motifs (C(OH)–C–C–N with tert-alkyl or cyclic N) is 1. The molecule has 2 aromatic heterocycles. The number of amides is 1. The van der Waals surface area contributed by atoms with Crippen molar-refractivity contribution in [1.82, 2.24) is 25.0 Å². The van der Waals surface area contributed by atoms with Crippen LogP contribution in [0.1, 0.15) is 42.1 Å². The number of nitrogens with zero attached hydrogens (tertiary/aromatic N) is 5. The van der Waals surface area contributed by atoms with Crippen LogP contribution in [0.4, 0.5) is 5.82 Å². The molecule has 1 saturated carbocycles. The second-order valence-corrected chi connectivity index (χ2v) is 7.89. The van der Waals surface area contributed by atoms with E-state index in [1.54, 1.807) is 6.20 Å². The summed E-state index contributed by atoms with van der Waals surface area (Å²) < 4.78 is 2.04. The maximum absolute atomic E-state index is 13.0. The topological polar surface area (TPSA) is 86.5 Å². The fourth-order valence-electron chi connectivity index (χ4n) is 4.40. The van der Waals surface area contributed by atoms with E-state index in [0.717, 1.165) is 57.7 Å². The lowest BCUT2D eigenvalue weighted by atomic mass is 9.91. The van der Waals surface area contributed by atoms with Crippen LogP contribution >= 0.6 is 0 Å². The lowest BCUT2D eigenvalue weighted by Crippen LogP contribution is -2.48. The highest BCUT2D eigenvalue weighted by atomic mass is 16.3. The zero-order valence-electron chi connectivity index (χ0n) is 16.8. The Balaban J connectivity index is 1.35. The first-order valence-corrected chi connectivity index (χ1v) is 10.6. The SMILES string of the molecule is O=C(NC1CCC(n2cccn2)CC1)c1cccnc1N1CCN(CCO)CC1. The third-order valence-corrected chi connectivity index (χ3v) is 6.05. The van der Waals surface area contributed by atoms with Crippen LogP contribution in [-0.2, 0) is 0 Å². The summed E-state index contributed by atoms with van der Waals surface area (Å²) in [5.74, 6) is 0.729. The predicted octanol–water partition coefficient (Wildman–Crippen LogP) is 1.31. The molecule has 0 unspecified atom stereocenters. The van der Waals surface area contributed by atoms with E-state index in [4.69, 9.17) is 5.11 Å². The van der Waals surface area contributed by atoms with E-state index in [0.29, 0.717) is 18.2 Å². The van der Waals surface area contributed by atoms with Crippen molar-refractivity contribution in [3.63, 3.8) is 0 Å². The summed E-state index contributed by atoms with van der Waals surface area (Å²) in [4.78, 5) is 21.9. The summed E-state index contributed by atoms with van der Waals surface area (Å²) in [7, 11) is 0. The van der Waals surface area contributed by atoms with Gasteiger partial charge in [0.25, 0.3) is 5.91 Å².